The zero-order valence-electron chi connectivity index (χ0n) is 13.0. The van der Waals surface area contributed by atoms with Crippen molar-refractivity contribution in [3.63, 3.8) is 0 Å². The van der Waals surface area contributed by atoms with Crippen LogP contribution in [0.5, 0.6) is 0 Å². The van der Waals surface area contributed by atoms with Gasteiger partial charge in [0.2, 0.25) is 0 Å². The molecule has 23 heavy (non-hydrogen) atoms. The third-order valence-electron chi connectivity index (χ3n) is 4.25. The summed E-state index contributed by atoms with van der Waals surface area (Å²) in [6.45, 7) is 4.08. The molecule has 2 heterocycles. The Bertz CT molecular complexity index is 806. The van der Waals surface area contributed by atoms with Gasteiger partial charge in [0, 0.05) is 29.4 Å². The molecule has 1 aliphatic carbocycles. The van der Waals surface area contributed by atoms with Gasteiger partial charge < -0.3 is 5.32 Å². The number of rotatable bonds is 3. The Hall–Kier alpha value is -2.19. The van der Waals surface area contributed by atoms with E-state index in [0.717, 1.165) is 10.9 Å². The predicted octanol–water partition coefficient (Wildman–Crippen LogP) is 3.44. The van der Waals surface area contributed by atoms with Crippen molar-refractivity contribution in [2.24, 2.45) is 5.92 Å². The maximum absolute atomic E-state index is 12.5. The monoisotopic (exact) mass is 328 g/mol. The lowest BCUT2D eigenvalue weighted by Gasteiger charge is -2.31. The molecule has 0 saturated heterocycles. The first-order valence-corrected chi connectivity index (χ1v) is 8.02. The molecule has 0 radical (unpaired) electrons. The van der Waals surface area contributed by atoms with Gasteiger partial charge >= 0.3 is 0 Å². The van der Waals surface area contributed by atoms with Crippen LogP contribution in [0.2, 0.25) is 5.15 Å². The number of aromatic nitrogens is 2. The van der Waals surface area contributed by atoms with Gasteiger partial charge in [-0.05, 0) is 30.2 Å². The number of fused-ring (bicyclic) bond motifs is 1. The molecule has 0 atom stereocenters. The van der Waals surface area contributed by atoms with Crippen molar-refractivity contribution in [1.82, 2.24) is 15.3 Å². The van der Waals surface area contributed by atoms with Crippen LogP contribution in [-0.2, 0) is 0 Å². The molecule has 3 rings (SSSR count). The molecule has 5 nitrogen and oxygen atoms in total. The van der Waals surface area contributed by atoms with Crippen molar-refractivity contribution in [2.45, 2.75) is 38.6 Å². The average molecular weight is 329 g/mol. The summed E-state index contributed by atoms with van der Waals surface area (Å²) >= 11 is 6.32. The Morgan fingerprint density at radius 2 is 2.17 bits per heavy atom. The number of nitrogens with one attached hydrogen (secondary N) is 1. The number of hydrogen-bond donors (Lipinski definition) is 1. The molecule has 0 aliphatic heterocycles. The first-order valence-electron chi connectivity index (χ1n) is 7.64. The number of nitrogens with zero attached hydrogens (tertiary/aromatic N) is 3. The van der Waals surface area contributed by atoms with Crippen LogP contribution in [0, 0.1) is 17.2 Å². The van der Waals surface area contributed by atoms with E-state index in [2.05, 4.69) is 21.4 Å². The predicted molar refractivity (Wildman–Crippen MR) is 88.2 cm³/mol. The van der Waals surface area contributed by atoms with Gasteiger partial charge in [0.05, 0.1) is 12.0 Å². The Morgan fingerprint density at radius 3 is 2.83 bits per heavy atom. The van der Waals surface area contributed by atoms with E-state index in [1.165, 1.54) is 0 Å². The van der Waals surface area contributed by atoms with Gasteiger partial charge in [-0.1, -0.05) is 25.4 Å². The number of carbonyl (C=O) groups is 1. The molecule has 2 aromatic heterocycles. The van der Waals surface area contributed by atoms with Crippen LogP contribution in [0.1, 0.15) is 48.7 Å². The first kappa shape index (κ1) is 15.7. The molecule has 1 fully saturated rings. The molecule has 6 heteroatoms. The number of carbonyl (C=O) groups excluding carboxylic acids is 1. The van der Waals surface area contributed by atoms with Crippen molar-refractivity contribution in [1.29, 1.82) is 5.26 Å². The summed E-state index contributed by atoms with van der Waals surface area (Å²) in [6.07, 6.45) is 4.72. The fourth-order valence-corrected chi connectivity index (χ4v) is 3.37. The van der Waals surface area contributed by atoms with E-state index >= 15 is 0 Å². The molecule has 1 saturated carbocycles. The molecule has 1 N–H and O–H groups in total. The van der Waals surface area contributed by atoms with Gasteiger partial charge in [-0.3, -0.25) is 9.78 Å². The quantitative estimate of drug-likeness (QED) is 0.875. The van der Waals surface area contributed by atoms with Crippen molar-refractivity contribution in [2.75, 3.05) is 0 Å². The van der Waals surface area contributed by atoms with Gasteiger partial charge in [-0.25, -0.2) is 4.98 Å². The zero-order valence-corrected chi connectivity index (χ0v) is 13.8. The lowest BCUT2D eigenvalue weighted by atomic mass is 9.81. The SMILES string of the molecule is CC(C)c1c(Cl)nc(C(=O)NC2CC(C#N)C2)c2cnccc12. The highest BCUT2D eigenvalue weighted by atomic mass is 35.5. The molecule has 0 aromatic carbocycles. The molecular weight excluding hydrogens is 312 g/mol. The molecule has 0 unspecified atom stereocenters. The van der Waals surface area contributed by atoms with Crippen molar-refractivity contribution in [3.8, 4) is 6.07 Å². The number of pyridine rings is 2. The minimum atomic E-state index is -0.262. The minimum absolute atomic E-state index is 0.0317. The second kappa shape index (κ2) is 6.13. The molecule has 0 bridgehead atoms. The first-order chi connectivity index (χ1) is 11.0. The summed E-state index contributed by atoms with van der Waals surface area (Å²) in [6, 6.07) is 4.10. The second-order valence-electron chi connectivity index (χ2n) is 6.21. The van der Waals surface area contributed by atoms with Crippen molar-refractivity contribution in [3.05, 3.63) is 34.9 Å². The van der Waals surface area contributed by atoms with Crippen LogP contribution in [0.4, 0.5) is 0 Å². The summed E-state index contributed by atoms with van der Waals surface area (Å²) in [4.78, 5) is 21.0. The second-order valence-corrected chi connectivity index (χ2v) is 6.57. The normalized spacial score (nSPS) is 20.1. The van der Waals surface area contributed by atoms with E-state index in [-0.39, 0.29) is 23.8 Å². The van der Waals surface area contributed by atoms with Crippen LogP contribution in [-0.4, -0.2) is 21.9 Å². The highest BCUT2D eigenvalue weighted by molar-refractivity contribution is 6.31. The molecule has 0 spiro atoms. The largest absolute Gasteiger partial charge is 0.348 e. The lowest BCUT2D eigenvalue weighted by molar-refractivity contribution is 0.0901. The van der Waals surface area contributed by atoms with Gasteiger partial charge in [0.1, 0.15) is 10.8 Å². The van der Waals surface area contributed by atoms with E-state index in [0.29, 0.717) is 29.1 Å². The Balaban J connectivity index is 1.97. The number of hydrogen-bond acceptors (Lipinski definition) is 4. The van der Waals surface area contributed by atoms with Crippen LogP contribution >= 0.6 is 11.6 Å². The van der Waals surface area contributed by atoms with E-state index in [4.69, 9.17) is 16.9 Å². The third kappa shape index (κ3) is 2.87. The number of nitriles is 1. The van der Waals surface area contributed by atoms with Gasteiger partial charge in [-0.15, -0.1) is 0 Å². The molecule has 118 valence electrons. The molecule has 1 amide bonds. The Morgan fingerprint density at radius 1 is 1.43 bits per heavy atom. The van der Waals surface area contributed by atoms with Gasteiger partial charge in [0.15, 0.2) is 0 Å². The fraction of sp³-hybridized carbons (Fsp3) is 0.412. The summed E-state index contributed by atoms with van der Waals surface area (Å²) in [7, 11) is 0. The standard InChI is InChI=1S/C17H17ClN4O/c1-9(2)14-12-3-4-20-8-13(12)15(22-16(14)18)17(23)21-11-5-10(6-11)7-19/h3-4,8-11H,5-6H2,1-2H3,(H,21,23). The number of halogens is 1. The highest BCUT2D eigenvalue weighted by Crippen LogP contribution is 2.32. The zero-order chi connectivity index (χ0) is 16.6. The van der Waals surface area contributed by atoms with E-state index in [1.807, 2.05) is 19.9 Å². The summed E-state index contributed by atoms with van der Waals surface area (Å²) < 4.78 is 0. The fourth-order valence-electron chi connectivity index (χ4n) is 2.96. The van der Waals surface area contributed by atoms with Crippen molar-refractivity contribution < 1.29 is 4.79 Å². The molecule has 2 aromatic rings. The lowest BCUT2D eigenvalue weighted by Crippen LogP contribution is -2.44. The summed E-state index contributed by atoms with van der Waals surface area (Å²) in [5.74, 6) is -0.0276. The summed E-state index contributed by atoms with van der Waals surface area (Å²) in [5.41, 5.74) is 1.22. The molecule has 1 aliphatic rings. The minimum Gasteiger partial charge on any atom is -0.348 e. The van der Waals surface area contributed by atoms with E-state index in [1.54, 1.807) is 12.4 Å². The van der Waals surface area contributed by atoms with Crippen molar-refractivity contribution >= 4 is 28.3 Å². The van der Waals surface area contributed by atoms with Crippen LogP contribution in [0.15, 0.2) is 18.5 Å². The van der Waals surface area contributed by atoms with E-state index in [9.17, 15) is 4.79 Å². The smallest absolute Gasteiger partial charge is 0.270 e. The average Bonchev–Trinajstić information content (AvgIpc) is 2.48. The maximum atomic E-state index is 12.5. The Kier molecular flexibility index (Phi) is 4.18. The van der Waals surface area contributed by atoms with E-state index < -0.39 is 0 Å². The van der Waals surface area contributed by atoms with Crippen LogP contribution < -0.4 is 5.32 Å². The van der Waals surface area contributed by atoms with Crippen LogP contribution in [0.3, 0.4) is 0 Å². The highest BCUT2D eigenvalue weighted by Gasteiger charge is 2.31. The van der Waals surface area contributed by atoms with Gasteiger partial charge in [-0.2, -0.15) is 5.26 Å². The topological polar surface area (TPSA) is 78.7 Å². The van der Waals surface area contributed by atoms with Crippen LogP contribution in [0.25, 0.3) is 10.8 Å². The van der Waals surface area contributed by atoms with Gasteiger partial charge in [0.25, 0.3) is 5.91 Å². The maximum Gasteiger partial charge on any atom is 0.270 e. The number of amides is 1. The molecular formula is C17H17ClN4O. The summed E-state index contributed by atoms with van der Waals surface area (Å²) in [5, 5.41) is 13.7. The third-order valence-corrected chi connectivity index (χ3v) is 4.53. The Labute approximate surface area is 139 Å².